The van der Waals surface area contributed by atoms with Gasteiger partial charge in [-0.05, 0) is 44.4 Å². The van der Waals surface area contributed by atoms with Crippen LogP contribution in [0.1, 0.15) is 31.4 Å². The quantitative estimate of drug-likeness (QED) is 0.850. The Morgan fingerprint density at radius 2 is 2.00 bits per heavy atom. The topological polar surface area (TPSA) is 32.3 Å². The first-order valence-electron chi connectivity index (χ1n) is 6.27. The molecular formula is C14H20N2O. The smallest absolute Gasteiger partial charge is 0.249 e. The van der Waals surface area contributed by atoms with Gasteiger partial charge in [0.05, 0.1) is 11.4 Å². The molecule has 1 heterocycles. The summed E-state index contributed by atoms with van der Waals surface area (Å²) in [6.45, 7) is 8.95. The fraction of sp³-hybridized carbons (Fsp3) is 0.500. The molecule has 3 nitrogen and oxygen atoms in total. The first-order chi connectivity index (χ1) is 8.08. The maximum Gasteiger partial charge on any atom is 0.249 e. The van der Waals surface area contributed by atoms with Crippen LogP contribution in [0.2, 0.25) is 0 Å². The van der Waals surface area contributed by atoms with E-state index in [1.165, 1.54) is 5.56 Å². The molecule has 2 rings (SSSR count). The lowest BCUT2D eigenvalue weighted by Crippen LogP contribution is -2.47. The van der Waals surface area contributed by atoms with Gasteiger partial charge in [0.2, 0.25) is 5.91 Å². The summed E-state index contributed by atoms with van der Waals surface area (Å²) >= 11 is 0. The number of nitrogens with zero attached hydrogens (tertiary/aromatic N) is 1. The van der Waals surface area contributed by atoms with Gasteiger partial charge in [0.1, 0.15) is 6.04 Å². The van der Waals surface area contributed by atoms with Crippen LogP contribution in [0.3, 0.4) is 0 Å². The first-order valence-corrected chi connectivity index (χ1v) is 6.27. The molecule has 0 fully saturated rings. The number of carbonyl (C=O) groups is 1. The van der Waals surface area contributed by atoms with E-state index in [-0.39, 0.29) is 11.9 Å². The lowest BCUT2D eigenvalue weighted by molar-refractivity contribution is -0.119. The number of anilines is 2. The van der Waals surface area contributed by atoms with Crippen LogP contribution < -0.4 is 10.2 Å². The van der Waals surface area contributed by atoms with Crippen LogP contribution in [0.25, 0.3) is 0 Å². The molecule has 17 heavy (non-hydrogen) atoms. The van der Waals surface area contributed by atoms with E-state index in [4.69, 9.17) is 0 Å². The number of amides is 1. The third-order valence-corrected chi connectivity index (χ3v) is 3.33. The number of likely N-dealkylation sites (N-methyl/N-ethyl adjacent to an activating group) is 1. The monoisotopic (exact) mass is 232 g/mol. The summed E-state index contributed by atoms with van der Waals surface area (Å²) in [5.41, 5.74) is 4.54. The Hall–Kier alpha value is -1.51. The minimum Gasteiger partial charge on any atom is -0.372 e. The second-order valence-corrected chi connectivity index (χ2v) is 4.67. The summed E-state index contributed by atoms with van der Waals surface area (Å²) in [4.78, 5) is 14.1. The number of hydrogen-bond acceptors (Lipinski definition) is 2. The molecule has 1 aromatic carbocycles. The van der Waals surface area contributed by atoms with Crippen molar-refractivity contribution in [1.82, 2.24) is 0 Å². The minimum absolute atomic E-state index is 0.0800. The summed E-state index contributed by atoms with van der Waals surface area (Å²) in [5, 5.41) is 3.35. The van der Waals surface area contributed by atoms with Gasteiger partial charge in [0, 0.05) is 6.54 Å². The maximum atomic E-state index is 12.3. The van der Waals surface area contributed by atoms with E-state index in [1.807, 2.05) is 18.7 Å². The molecule has 3 heteroatoms. The molecular weight excluding hydrogens is 212 g/mol. The number of fused-ring (bicyclic) bond motifs is 1. The molecule has 0 saturated carbocycles. The Morgan fingerprint density at radius 1 is 1.29 bits per heavy atom. The van der Waals surface area contributed by atoms with E-state index < -0.39 is 0 Å². The van der Waals surface area contributed by atoms with Gasteiger partial charge in [0.15, 0.2) is 0 Å². The van der Waals surface area contributed by atoms with Crippen molar-refractivity contribution in [3.05, 3.63) is 23.3 Å². The van der Waals surface area contributed by atoms with Crippen LogP contribution in [0.5, 0.6) is 0 Å². The molecule has 0 aromatic heterocycles. The third-order valence-electron chi connectivity index (χ3n) is 3.33. The van der Waals surface area contributed by atoms with Crippen molar-refractivity contribution < 1.29 is 4.79 Å². The van der Waals surface area contributed by atoms with Gasteiger partial charge in [-0.2, -0.15) is 0 Å². The molecule has 0 bridgehead atoms. The van der Waals surface area contributed by atoms with Crippen molar-refractivity contribution in [2.45, 2.75) is 40.2 Å². The number of hydrogen-bond donors (Lipinski definition) is 1. The van der Waals surface area contributed by atoms with Crippen molar-refractivity contribution in [1.29, 1.82) is 0 Å². The SMILES string of the molecule is CCC1Nc2cc(C)cc(C)c2N(CC)C1=O. The summed E-state index contributed by atoms with van der Waals surface area (Å²) < 4.78 is 0. The maximum absolute atomic E-state index is 12.3. The second kappa shape index (κ2) is 4.40. The summed E-state index contributed by atoms with van der Waals surface area (Å²) in [6.07, 6.45) is 0.821. The summed E-state index contributed by atoms with van der Waals surface area (Å²) in [5.74, 6) is 0.189. The number of rotatable bonds is 2. The molecule has 1 aliphatic rings. The molecule has 0 aliphatic carbocycles. The Balaban J connectivity index is 2.55. The van der Waals surface area contributed by atoms with Gasteiger partial charge in [-0.1, -0.05) is 13.0 Å². The molecule has 92 valence electrons. The zero-order chi connectivity index (χ0) is 12.6. The highest BCUT2D eigenvalue weighted by atomic mass is 16.2. The van der Waals surface area contributed by atoms with Crippen LogP contribution in [-0.4, -0.2) is 18.5 Å². The summed E-state index contributed by atoms with van der Waals surface area (Å²) in [7, 11) is 0. The third kappa shape index (κ3) is 1.90. The molecule has 0 radical (unpaired) electrons. The molecule has 1 unspecified atom stereocenters. The molecule has 1 N–H and O–H groups in total. The number of benzene rings is 1. The molecule has 1 atom stereocenters. The Labute approximate surface area is 103 Å². The van der Waals surface area contributed by atoms with Gasteiger partial charge in [-0.15, -0.1) is 0 Å². The van der Waals surface area contributed by atoms with Gasteiger partial charge in [0.25, 0.3) is 0 Å². The number of aryl methyl sites for hydroxylation is 2. The number of nitrogens with one attached hydrogen (secondary N) is 1. The molecule has 1 aromatic rings. The zero-order valence-electron chi connectivity index (χ0n) is 11.0. The van der Waals surface area contributed by atoms with E-state index in [1.54, 1.807) is 0 Å². The van der Waals surface area contributed by atoms with Crippen molar-refractivity contribution >= 4 is 17.3 Å². The van der Waals surface area contributed by atoms with Crippen LogP contribution in [0.15, 0.2) is 12.1 Å². The standard InChI is InChI=1S/C14H20N2O/c1-5-11-14(17)16(6-2)13-10(4)7-9(3)8-12(13)15-11/h7-8,11,15H,5-6H2,1-4H3. The lowest BCUT2D eigenvalue weighted by atomic mass is 10.0. The van der Waals surface area contributed by atoms with Crippen molar-refractivity contribution in [2.24, 2.45) is 0 Å². The first kappa shape index (κ1) is 12.0. The normalized spacial score (nSPS) is 18.9. The van der Waals surface area contributed by atoms with Crippen molar-refractivity contribution in [2.75, 3.05) is 16.8 Å². The average Bonchev–Trinajstić information content (AvgIpc) is 2.29. The van der Waals surface area contributed by atoms with Gasteiger partial charge in [-0.3, -0.25) is 4.79 Å². The Bertz CT molecular complexity index is 454. The van der Waals surface area contributed by atoms with Crippen molar-refractivity contribution in [3.63, 3.8) is 0 Å². The van der Waals surface area contributed by atoms with Crippen LogP contribution in [0.4, 0.5) is 11.4 Å². The minimum atomic E-state index is -0.0800. The lowest BCUT2D eigenvalue weighted by Gasteiger charge is -2.35. The van der Waals surface area contributed by atoms with Gasteiger partial charge in [-0.25, -0.2) is 0 Å². The van der Waals surface area contributed by atoms with Gasteiger partial charge >= 0.3 is 0 Å². The highest BCUT2D eigenvalue weighted by molar-refractivity contribution is 6.05. The Morgan fingerprint density at radius 3 is 2.59 bits per heavy atom. The van der Waals surface area contributed by atoms with E-state index in [0.29, 0.717) is 0 Å². The van der Waals surface area contributed by atoms with Crippen LogP contribution in [-0.2, 0) is 4.79 Å². The number of carbonyl (C=O) groups excluding carboxylic acids is 1. The predicted molar refractivity (Wildman–Crippen MR) is 71.6 cm³/mol. The van der Waals surface area contributed by atoms with Crippen LogP contribution in [0, 0.1) is 13.8 Å². The van der Waals surface area contributed by atoms with E-state index in [9.17, 15) is 4.79 Å². The average molecular weight is 232 g/mol. The van der Waals surface area contributed by atoms with Crippen LogP contribution >= 0.6 is 0 Å². The van der Waals surface area contributed by atoms with E-state index in [0.717, 1.165) is 29.9 Å². The zero-order valence-corrected chi connectivity index (χ0v) is 11.0. The fourth-order valence-corrected chi connectivity index (χ4v) is 2.57. The molecule has 1 aliphatic heterocycles. The van der Waals surface area contributed by atoms with Crippen molar-refractivity contribution in [3.8, 4) is 0 Å². The molecule has 1 amide bonds. The predicted octanol–water partition coefficient (Wildman–Crippen LogP) is 2.86. The van der Waals surface area contributed by atoms with E-state index in [2.05, 4.69) is 31.3 Å². The Kier molecular flexibility index (Phi) is 3.09. The molecule has 0 spiro atoms. The summed E-state index contributed by atoms with van der Waals surface area (Å²) in [6, 6.07) is 4.17. The highest BCUT2D eigenvalue weighted by Gasteiger charge is 2.31. The van der Waals surface area contributed by atoms with E-state index >= 15 is 0 Å². The second-order valence-electron chi connectivity index (χ2n) is 4.67. The molecule has 0 saturated heterocycles. The largest absolute Gasteiger partial charge is 0.372 e. The fourth-order valence-electron chi connectivity index (χ4n) is 2.57. The highest BCUT2D eigenvalue weighted by Crippen LogP contribution is 2.36. The van der Waals surface area contributed by atoms with Gasteiger partial charge < -0.3 is 10.2 Å².